The summed E-state index contributed by atoms with van der Waals surface area (Å²) in [5.41, 5.74) is 2.20. The predicted octanol–water partition coefficient (Wildman–Crippen LogP) is 2.35. The molecular weight excluding hydrogens is 365 g/mol. The minimum absolute atomic E-state index is 0.164. The van der Waals surface area contributed by atoms with Gasteiger partial charge in [0.25, 0.3) is 5.56 Å². The van der Waals surface area contributed by atoms with E-state index in [1.807, 2.05) is 4.90 Å². The van der Waals surface area contributed by atoms with Gasteiger partial charge in [-0.25, -0.2) is 4.98 Å². The summed E-state index contributed by atoms with van der Waals surface area (Å²) in [5, 5.41) is 10.9. The third kappa shape index (κ3) is 3.70. The second-order valence-corrected chi connectivity index (χ2v) is 7.13. The van der Waals surface area contributed by atoms with Gasteiger partial charge < -0.3 is 4.98 Å². The summed E-state index contributed by atoms with van der Waals surface area (Å²) < 4.78 is 13.5. The zero-order valence-electron chi connectivity index (χ0n) is 15.3. The minimum Gasteiger partial charge on any atom is -0.305 e. The van der Waals surface area contributed by atoms with Crippen molar-refractivity contribution in [1.29, 1.82) is 0 Å². The topological polar surface area (TPSA) is 104 Å². The van der Waals surface area contributed by atoms with E-state index in [4.69, 9.17) is 0 Å². The molecule has 0 radical (unpaired) electrons. The molecule has 0 fully saturated rings. The standard InChI is InChI=1S/C19H20FN5O3/c20-14-5-4-12(9-17(14)25(27)28)10-24-8-6-15-13(11-24)19(26)23-18(22-15)16-3-1-2-7-21-16/h4-5,9H,1-3,6-8,10-11H2,(H,22,23,26). The lowest BCUT2D eigenvalue weighted by atomic mass is 10.0. The maximum atomic E-state index is 13.5. The lowest BCUT2D eigenvalue weighted by Crippen LogP contribution is -2.36. The maximum Gasteiger partial charge on any atom is 0.305 e. The van der Waals surface area contributed by atoms with Gasteiger partial charge in [0.05, 0.1) is 21.9 Å². The molecule has 0 bridgehead atoms. The van der Waals surface area contributed by atoms with Gasteiger partial charge in [-0.1, -0.05) is 6.07 Å². The smallest absolute Gasteiger partial charge is 0.305 e. The number of rotatable bonds is 4. The number of hydrogen-bond donors (Lipinski definition) is 1. The number of benzene rings is 1. The number of H-pyrrole nitrogens is 1. The lowest BCUT2D eigenvalue weighted by molar-refractivity contribution is -0.387. The molecule has 0 atom stereocenters. The number of aromatic amines is 1. The Labute approximate surface area is 160 Å². The van der Waals surface area contributed by atoms with Crippen molar-refractivity contribution in [2.24, 2.45) is 4.99 Å². The van der Waals surface area contributed by atoms with Crippen LogP contribution in [0.15, 0.2) is 28.0 Å². The van der Waals surface area contributed by atoms with Crippen LogP contribution in [0.2, 0.25) is 0 Å². The average molecular weight is 385 g/mol. The van der Waals surface area contributed by atoms with Crippen LogP contribution in [0.1, 0.15) is 41.9 Å². The highest BCUT2D eigenvalue weighted by atomic mass is 19.1. The van der Waals surface area contributed by atoms with E-state index >= 15 is 0 Å². The zero-order valence-corrected chi connectivity index (χ0v) is 15.3. The first-order valence-corrected chi connectivity index (χ1v) is 9.32. The maximum absolute atomic E-state index is 13.5. The fourth-order valence-corrected chi connectivity index (χ4v) is 3.70. The molecule has 2 aliphatic heterocycles. The Hall–Kier alpha value is -2.94. The Balaban J connectivity index is 1.54. The van der Waals surface area contributed by atoms with E-state index in [2.05, 4.69) is 15.0 Å². The van der Waals surface area contributed by atoms with Gasteiger partial charge >= 0.3 is 5.69 Å². The number of nitro benzene ring substituents is 1. The molecule has 4 rings (SSSR count). The molecule has 1 N–H and O–H groups in total. The molecule has 0 unspecified atom stereocenters. The Morgan fingerprint density at radius 3 is 2.89 bits per heavy atom. The van der Waals surface area contributed by atoms with E-state index in [0.29, 0.717) is 43.0 Å². The van der Waals surface area contributed by atoms with E-state index in [-0.39, 0.29) is 5.56 Å². The first-order chi connectivity index (χ1) is 13.5. The van der Waals surface area contributed by atoms with E-state index in [1.165, 1.54) is 12.1 Å². The van der Waals surface area contributed by atoms with Crippen LogP contribution in [0, 0.1) is 15.9 Å². The third-order valence-electron chi connectivity index (χ3n) is 5.16. The molecule has 2 aliphatic rings. The molecule has 146 valence electrons. The van der Waals surface area contributed by atoms with Crippen molar-refractivity contribution in [3.8, 4) is 0 Å². The third-order valence-corrected chi connectivity index (χ3v) is 5.16. The number of nitrogens with one attached hydrogen (secondary N) is 1. The van der Waals surface area contributed by atoms with Gasteiger partial charge in [0.2, 0.25) is 5.82 Å². The molecular formula is C19H20FN5O3. The van der Waals surface area contributed by atoms with Crippen molar-refractivity contribution in [2.45, 2.75) is 38.8 Å². The lowest BCUT2D eigenvalue weighted by Gasteiger charge is -2.27. The van der Waals surface area contributed by atoms with Gasteiger partial charge in [0.15, 0.2) is 5.82 Å². The van der Waals surface area contributed by atoms with Crippen molar-refractivity contribution in [1.82, 2.24) is 14.9 Å². The van der Waals surface area contributed by atoms with Crippen LogP contribution in [0.4, 0.5) is 10.1 Å². The second kappa shape index (κ2) is 7.59. The van der Waals surface area contributed by atoms with Gasteiger partial charge in [-0.3, -0.25) is 24.8 Å². The minimum atomic E-state index is -0.850. The fourth-order valence-electron chi connectivity index (χ4n) is 3.70. The first kappa shape index (κ1) is 18.4. The normalized spacial score (nSPS) is 17.1. The molecule has 9 heteroatoms. The summed E-state index contributed by atoms with van der Waals surface area (Å²) >= 11 is 0. The number of aromatic nitrogens is 2. The molecule has 0 aliphatic carbocycles. The van der Waals surface area contributed by atoms with Crippen LogP contribution in [0.5, 0.6) is 0 Å². The molecule has 0 saturated carbocycles. The Bertz CT molecular complexity index is 1020. The molecule has 2 aromatic rings. The summed E-state index contributed by atoms with van der Waals surface area (Å²) in [6, 6.07) is 3.89. The van der Waals surface area contributed by atoms with Crippen molar-refractivity contribution in [3.05, 3.63) is 67.1 Å². The summed E-state index contributed by atoms with van der Waals surface area (Å²) in [6.45, 7) is 2.23. The molecule has 1 aromatic heterocycles. The van der Waals surface area contributed by atoms with Gasteiger partial charge in [0.1, 0.15) is 0 Å². The summed E-state index contributed by atoms with van der Waals surface area (Å²) in [4.78, 5) is 36.8. The van der Waals surface area contributed by atoms with Gasteiger partial charge in [-0.15, -0.1) is 0 Å². The molecule has 0 amide bonds. The number of nitro groups is 1. The molecule has 28 heavy (non-hydrogen) atoms. The SMILES string of the molecule is O=c1[nH]c(C2=NCCCC2)nc2c1CN(Cc1ccc(F)c([N+](=O)[O-])c1)CC2. The molecule has 0 spiro atoms. The summed E-state index contributed by atoms with van der Waals surface area (Å²) in [6.07, 6.45) is 3.56. The monoisotopic (exact) mass is 385 g/mol. The zero-order chi connectivity index (χ0) is 19.7. The van der Waals surface area contributed by atoms with Crippen LogP contribution in [0.25, 0.3) is 0 Å². The van der Waals surface area contributed by atoms with Crippen LogP contribution < -0.4 is 5.56 Å². The highest BCUT2D eigenvalue weighted by Crippen LogP contribution is 2.22. The van der Waals surface area contributed by atoms with Crippen molar-refractivity contribution < 1.29 is 9.31 Å². The van der Waals surface area contributed by atoms with E-state index in [0.717, 1.165) is 43.3 Å². The van der Waals surface area contributed by atoms with Crippen molar-refractivity contribution >= 4 is 11.4 Å². The Kier molecular flexibility index (Phi) is 4.99. The fraction of sp³-hybridized carbons (Fsp3) is 0.421. The summed E-state index contributed by atoms with van der Waals surface area (Å²) in [7, 11) is 0. The molecule has 1 aromatic carbocycles. The Morgan fingerprint density at radius 2 is 2.14 bits per heavy atom. The highest BCUT2D eigenvalue weighted by Gasteiger charge is 2.23. The molecule has 8 nitrogen and oxygen atoms in total. The number of halogens is 1. The van der Waals surface area contributed by atoms with Gasteiger partial charge in [0, 0.05) is 38.7 Å². The van der Waals surface area contributed by atoms with Crippen molar-refractivity contribution in [3.63, 3.8) is 0 Å². The number of fused-ring (bicyclic) bond motifs is 1. The second-order valence-electron chi connectivity index (χ2n) is 7.13. The van der Waals surface area contributed by atoms with Gasteiger partial charge in [-0.05, 0) is 30.9 Å². The first-order valence-electron chi connectivity index (χ1n) is 9.32. The number of hydrogen-bond acceptors (Lipinski definition) is 6. The molecule has 3 heterocycles. The number of nitrogens with zero attached hydrogens (tertiary/aromatic N) is 4. The quantitative estimate of drug-likeness (QED) is 0.643. The average Bonchev–Trinajstić information content (AvgIpc) is 2.70. The predicted molar refractivity (Wildman–Crippen MR) is 101 cm³/mol. The Morgan fingerprint density at radius 1 is 1.29 bits per heavy atom. The van der Waals surface area contributed by atoms with Crippen LogP contribution >= 0.6 is 0 Å². The van der Waals surface area contributed by atoms with Crippen LogP contribution in [-0.4, -0.2) is 38.6 Å². The number of aliphatic imine (C=N–C) groups is 1. The van der Waals surface area contributed by atoms with Crippen molar-refractivity contribution in [2.75, 3.05) is 13.1 Å². The molecule has 0 saturated heterocycles. The largest absolute Gasteiger partial charge is 0.305 e. The van der Waals surface area contributed by atoms with Gasteiger partial charge in [-0.2, -0.15) is 4.39 Å². The highest BCUT2D eigenvalue weighted by molar-refractivity contribution is 5.97. The van der Waals surface area contributed by atoms with Crippen LogP contribution in [0.3, 0.4) is 0 Å². The van der Waals surface area contributed by atoms with Crippen LogP contribution in [-0.2, 0) is 19.5 Å². The van der Waals surface area contributed by atoms with E-state index in [1.54, 1.807) is 0 Å². The summed E-state index contributed by atoms with van der Waals surface area (Å²) in [5.74, 6) is -0.275. The van der Waals surface area contributed by atoms with E-state index in [9.17, 15) is 19.3 Å². The van der Waals surface area contributed by atoms with E-state index < -0.39 is 16.4 Å².